The fraction of sp³-hybridized carbons (Fsp3) is 0.867. The molecule has 0 radical (unpaired) electrons. The molecule has 0 bridgehead atoms. The highest BCUT2D eigenvalue weighted by molar-refractivity contribution is 5.34. The highest BCUT2D eigenvalue weighted by Gasteiger charge is 2.55. The molecule has 108 valence electrons. The standard InChI is InChI=1S/C15H23N5/c1-4-10-11(5-1)13(10)14-17-15(19-18-14)20-7-9-3-2-6-16-12(9)8-20/h9-13,16H,1-8H2,(H,17,18,19). The molecule has 5 heteroatoms. The van der Waals surface area contributed by atoms with E-state index >= 15 is 0 Å². The summed E-state index contributed by atoms with van der Waals surface area (Å²) in [4.78, 5) is 7.21. The van der Waals surface area contributed by atoms with E-state index in [0.717, 1.165) is 42.6 Å². The number of nitrogens with zero attached hydrogens (tertiary/aromatic N) is 3. The molecule has 0 aromatic carbocycles. The van der Waals surface area contributed by atoms with Crippen molar-refractivity contribution in [3.05, 3.63) is 5.82 Å². The van der Waals surface area contributed by atoms with Crippen LogP contribution >= 0.6 is 0 Å². The number of anilines is 1. The van der Waals surface area contributed by atoms with E-state index in [9.17, 15) is 0 Å². The molecule has 4 unspecified atom stereocenters. The molecule has 0 spiro atoms. The van der Waals surface area contributed by atoms with Gasteiger partial charge in [0.1, 0.15) is 5.82 Å². The van der Waals surface area contributed by atoms with E-state index in [-0.39, 0.29) is 0 Å². The van der Waals surface area contributed by atoms with Gasteiger partial charge in [-0.2, -0.15) is 4.98 Å². The van der Waals surface area contributed by atoms with Crippen molar-refractivity contribution >= 4 is 5.95 Å². The summed E-state index contributed by atoms with van der Waals surface area (Å²) in [6, 6.07) is 0.658. The zero-order valence-corrected chi connectivity index (χ0v) is 11.9. The summed E-state index contributed by atoms with van der Waals surface area (Å²) in [5, 5.41) is 11.4. The number of rotatable bonds is 2. The summed E-state index contributed by atoms with van der Waals surface area (Å²) in [5.74, 6) is 5.44. The Hall–Kier alpha value is -1.10. The third-order valence-electron chi connectivity index (χ3n) is 6.10. The van der Waals surface area contributed by atoms with Crippen molar-refractivity contribution in [3.63, 3.8) is 0 Å². The van der Waals surface area contributed by atoms with Crippen LogP contribution in [0.2, 0.25) is 0 Å². The van der Waals surface area contributed by atoms with Crippen LogP contribution in [0.5, 0.6) is 0 Å². The molecule has 20 heavy (non-hydrogen) atoms. The normalized spacial score (nSPS) is 42.6. The molecule has 2 saturated heterocycles. The van der Waals surface area contributed by atoms with Gasteiger partial charge in [-0.05, 0) is 50.0 Å². The number of hydrogen-bond acceptors (Lipinski definition) is 4. The van der Waals surface area contributed by atoms with E-state index in [1.54, 1.807) is 0 Å². The highest BCUT2D eigenvalue weighted by atomic mass is 15.4. The Kier molecular flexibility index (Phi) is 2.42. The van der Waals surface area contributed by atoms with Gasteiger partial charge in [0.25, 0.3) is 0 Å². The van der Waals surface area contributed by atoms with Crippen LogP contribution in [0, 0.1) is 17.8 Å². The van der Waals surface area contributed by atoms with Crippen LogP contribution in [-0.2, 0) is 0 Å². The van der Waals surface area contributed by atoms with Crippen LogP contribution in [0.4, 0.5) is 5.95 Å². The second-order valence-electron chi connectivity index (χ2n) is 7.17. The number of H-pyrrole nitrogens is 1. The van der Waals surface area contributed by atoms with Crippen LogP contribution in [0.15, 0.2) is 0 Å². The van der Waals surface area contributed by atoms with Gasteiger partial charge in [-0.3, -0.25) is 5.10 Å². The van der Waals surface area contributed by atoms with Crippen LogP contribution in [0.1, 0.15) is 43.8 Å². The third kappa shape index (κ3) is 1.65. The summed E-state index contributed by atoms with van der Waals surface area (Å²) < 4.78 is 0. The van der Waals surface area contributed by atoms with Gasteiger partial charge in [0.05, 0.1) is 0 Å². The van der Waals surface area contributed by atoms with Crippen molar-refractivity contribution in [2.45, 2.75) is 44.1 Å². The van der Waals surface area contributed by atoms with Gasteiger partial charge < -0.3 is 10.2 Å². The highest BCUT2D eigenvalue weighted by Crippen LogP contribution is 2.62. The predicted octanol–water partition coefficient (Wildman–Crippen LogP) is 1.51. The first-order valence-corrected chi connectivity index (χ1v) is 8.31. The minimum Gasteiger partial charge on any atom is -0.338 e. The average Bonchev–Trinajstić information content (AvgIpc) is 2.98. The molecule has 4 aliphatic rings. The van der Waals surface area contributed by atoms with Crippen molar-refractivity contribution in [2.24, 2.45) is 17.8 Å². The second kappa shape index (κ2) is 4.20. The van der Waals surface area contributed by atoms with E-state index in [1.165, 1.54) is 38.6 Å². The second-order valence-corrected chi connectivity index (χ2v) is 7.17. The number of hydrogen-bond donors (Lipinski definition) is 2. The lowest BCUT2D eigenvalue weighted by molar-refractivity contribution is 0.340. The Bertz CT molecular complexity index is 488. The van der Waals surface area contributed by atoms with Gasteiger partial charge in [0, 0.05) is 25.0 Å². The smallest absolute Gasteiger partial charge is 0.244 e. The molecule has 4 fully saturated rings. The van der Waals surface area contributed by atoms with Crippen molar-refractivity contribution in [1.29, 1.82) is 0 Å². The molecular weight excluding hydrogens is 250 g/mol. The van der Waals surface area contributed by atoms with Gasteiger partial charge in [0.2, 0.25) is 5.95 Å². The minimum atomic E-state index is 0.658. The summed E-state index contributed by atoms with van der Waals surface area (Å²) in [6.07, 6.45) is 6.91. The SMILES string of the molecule is C1CNC2CN(c3n[nH]c(C4C5CCCC54)n3)CC2C1. The Morgan fingerprint density at radius 3 is 2.80 bits per heavy atom. The lowest BCUT2D eigenvalue weighted by Crippen LogP contribution is -2.40. The van der Waals surface area contributed by atoms with Crippen molar-refractivity contribution in [1.82, 2.24) is 20.5 Å². The number of piperidine rings is 1. The third-order valence-corrected chi connectivity index (χ3v) is 6.10. The summed E-state index contributed by atoms with van der Waals surface area (Å²) in [7, 11) is 0. The minimum absolute atomic E-state index is 0.658. The van der Waals surface area contributed by atoms with Crippen LogP contribution < -0.4 is 10.2 Å². The predicted molar refractivity (Wildman–Crippen MR) is 76.7 cm³/mol. The molecule has 4 atom stereocenters. The van der Waals surface area contributed by atoms with Crippen LogP contribution in [0.3, 0.4) is 0 Å². The molecular formula is C15H23N5. The van der Waals surface area contributed by atoms with Gasteiger partial charge in [0.15, 0.2) is 0 Å². The van der Waals surface area contributed by atoms with Gasteiger partial charge in [-0.25, -0.2) is 0 Å². The van der Waals surface area contributed by atoms with Crippen LogP contribution in [0.25, 0.3) is 0 Å². The van der Waals surface area contributed by atoms with Crippen molar-refractivity contribution < 1.29 is 0 Å². The molecule has 2 aliphatic carbocycles. The lowest BCUT2D eigenvalue weighted by Gasteiger charge is -2.24. The Morgan fingerprint density at radius 2 is 1.95 bits per heavy atom. The van der Waals surface area contributed by atoms with Gasteiger partial charge in [-0.15, -0.1) is 5.10 Å². The largest absolute Gasteiger partial charge is 0.338 e. The van der Waals surface area contributed by atoms with E-state index in [4.69, 9.17) is 4.98 Å². The topological polar surface area (TPSA) is 56.8 Å². The maximum atomic E-state index is 4.83. The quantitative estimate of drug-likeness (QED) is 0.857. The lowest BCUT2D eigenvalue weighted by atomic mass is 9.94. The van der Waals surface area contributed by atoms with E-state index in [1.807, 2.05) is 0 Å². The zero-order chi connectivity index (χ0) is 13.1. The Balaban J connectivity index is 1.31. The van der Waals surface area contributed by atoms with E-state index < -0.39 is 0 Å². The molecule has 0 amide bonds. The number of fused-ring (bicyclic) bond motifs is 2. The van der Waals surface area contributed by atoms with Crippen molar-refractivity contribution in [3.8, 4) is 0 Å². The summed E-state index contributed by atoms with van der Waals surface area (Å²) >= 11 is 0. The summed E-state index contributed by atoms with van der Waals surface area (Å²) in [5.41, 5.74) is 0. The zero-order valence-electron chi connectivity index (χ0n) is 11.9. The molecule has 2 N–H and O–H groups in total. The molecule has 3 heterocycles. The first-order valence-electron chi connectivity index (χ1n) is 8.31. The summed E-state index contributed by atoms with van der Waals surface area (Å²) in [6.45, 7) is 3.39. The maximum Gasteiger partial charge on any atom is 0.244 e. The number of nitrogens with one attached hydrogen (secondary N) is 2. The molecule has 5 rings (SSSR count). The number of aromatic nitrogens is 3. The Labute approximate surface area is 119 Å². The molecule has 1 aromatic rings. The molecule has 5 nitrogen and oxygen atoms in total. The molecule has 2 aliphatic heterocycles. The average molecular weight is 273 g/mol. The molecule has 2 saturated carbocycles. The van der Waals surface area contributed by atoms with Crippen molar-refractivity contribution in [2.75, 3.05) is 24.5 Å². The maximum absolute atomic E-state index is 4.83. The first kappa shape index (κ1) is 11.5. The van der Waals surface area contributed by atoms with Gasteiger partial charge in [-0.1, -0.05) is 6.42 Å². The fourth-order valence-corrected chi connectivity index (χ4v) is 4.99. The fourth-order valence-electron chi connectivity index (χ4n) is 4.99. The van der Waals surface area contributed by atoms with E-state index in [0.29, 0.717) is 12.0 Å². The van der Waals surface area contributed by atoms with Gasteiger partial charge >= 0.3 is 0 Å². The monoisotopic (exact) mass is 273 g/mol. The van der Waals surface area contributed by atoms with E-state index in [2.05, 4.69) is 20.4 Å². The Morgan fingerprint density at radius 1 is 1.05 bits per heavy atom. The molecule has 1 aromatic heterocycles. The number of aromatic amines is 1. The first-order chi connectivity index (χ1) is 9.90. The van der Waals surface area contributed by atoms with Crippen LogP contribution in [-0.4, -0.2) is 40.9 Å².